The Morgan fingerprint density at radius 3 is 2.75 bits per heavy atom. The van der Waals surface area contributed by atoms with E-state index in [9.17, 15) is 0 Å². The maximum absolute atomic E-state index is 8.77. The van der Waals surface area contributed by atoms with Crippen molar-refractivity contribution in [3.05, 3.63) is 47.9 Å². The lowest BCUT2D eigenvalue weighted by atomic mass is 10.2. The minimum Gasteiger partial charge on any atom is -0.399 e. The first-order valence-electron chi connectivity index (χ1n) is 6.59. The van der Waals surface area contributed by atoms with Gasteiger partial charge in [-0.2, -0.15) is 5.26 Å². The average molecular weight is 265 g/mol. The summed E-state index contributed by atoms with van der Waals surface area (Å²) in [6.07, 6.45) is 5.53. The van der Waals surface area contributed by atoms with Crippen LogP contribution in [0.5, 0.6) is 0 Å². The standard InChI is InChI=1S/C15H15N5/c16-7-13-8-19-15(9-18-13)20(14-4-5-14)10-11-2-1-3-12(17)6-11/h1-3,6,8-9,14H,4-5,10,17H2. The van der Waals surface area contributed by atoms with Crippen molar-refractivity contribution in [3.8, 4) is 6.07 Å². The van der Waals surface area contributed by atoms with Crippen LogP contribution in [0.15, 0.2) is 36.7 Å². The van der Waals surface area contributed by atoms with Gasteiger partial charge in [0, 0.05) is 18.3 Å². The van der Waals surface area contributed by atoms with Gasteiger partial charge in [0.05, 0.1) is 12.4 Å². The van der Waals surface area contributed by atoms with Crippen molar-refractivity contribution in [3.63, 3.8) is 0 Å². The van der Waals surface area contributed by atoms with Gasteiger partial charge in [0.15, 0.2) is 5.69 Å². The van der Waals surface area contributed by atoms with E-state index in [0.717, 1.165) is 23.6 Å². The second-order valence-corrected chi connectivity index (χ2v) is 4.98. The molecule has 0 radical (unpaired) electrons. The number of hydrogen-bond donors (Lipinski definition) is 1. The van der Waals surface area contributed by atoms with E-state index in [1.807, 2.05) is 24.3 Å². The highest BCUT2D eigenvalue weighted by molar-refractivity contribution is 5.45. The number of rotatable bonds is 4. The first-order valence-corrected chi connectivity index (χ1v) is 6.59. The highest BCUT2D eigenvalue weighted by Crippen LogP contribution is 2.31. The summed E-state index contributed by atoms with van der Waals surface area (Å²) in [7, 11) is 0. The van der Waals surface area contributed by atoms with Crippen LogP contribution >= 0.6 is 0 Å². The molecule has 0 aliphatic heterocycles. The summed E-state index contributed by atoms with van der Waals surface area (Å²) in [6.45, 7) is 0.760. The van der Waals surface area contributed by atoms with E-state index in [0.29, 0.717) is 11.7 Å². The van der Waals surface area contributed by atoms with E-state index in [1.54, 1.807) is 6.20 Å². The molecule has 1 aliphatic carbocycles. The van der Waals surface area contributed by atoms with Gasteiger partial charge in [0.1, 0.15) is 11.9 Å². The molecule has 100 valence electrons. The Kier molecular flexibility index (Phi) is 3.21. The Morgan fingerprint density at radius 2 is 2.15 bits per heavy atom. The van der Waals surface area contributed by atoms with Crippen molar-refractivity contribution in [2.24, 2.45) is 0 Å². The molecule has 1 aliphatic rings. The number of nitrogens with two attached hydrogens (primary N) is 1. The third-order valence-electron chi connectivity index (χ3n) is 3.34. The quantitative estimate of drug-likeness (QED) is 0.856. The summed E-state index contributed by atoms with van der Waals surface area (Å²) < 4.78 is 0. The molecule has 5 heteroatoms. The van der Waals surface area contributed by atoms with Crippen molar-refractivity contribution in [1.82, 2.24) is 9.97 Å². The van der Waals surface area contributed by atoms with Gasteiger partial charge in [-0.1, -0.05) is 12.1 Å². The summed E-state index contributed by atoms with van der Waals surface area (Å²) in [5, 5.41) is 8.77. The third kappa shape index (κ3) is 2.69. The Bertz CT molecular complexity index is 640. The Hall–Kier alpha value is -2.61. The van der Waals surface area contributed by atoms with Gasteiger partial charge in [0.25, 0.3) is 0 Å². The predicted octanol–water partition coefficient (Wildman–Crippen LogP) is 2.10. The summed E-state index contributed by atoms with van der Waals surface area (Å²) in [4.78, 5) is 10.7. The maximum atomic E-state index is 8.77. The lowest BCUT2D eigenvalue weighted by Gasteiger charge is -2.23. The topological polar surface area (TPSA) is 78.8 Å². The molecular formula is C15H15N5. The Morgan fingerprint density at radius 1 is 1.30 bits per heavy atom. The van der Waals surface area contributed by atoms with Crippen molar-refractivity contribution >= 4 is 11.5 Å². The molecule has 0 unspecified atom stereocenters. The molecule has 0 amide bonds. The first kappa shape index (κ1) is 12.4. The fourth-order valence-corrected chi connectivity index (χ4v) is 2.20. The zero-order valence-corrected chi connectivity index (χ0v) is 11.0. The number of hydrogen-bond acceptors (Lipinski definition) is 5. The van der Waals surface area contributed by atoms with E-state index < -0.39 is 0 Å². The van der Waals surface area contributed by atoms with E-state index in [4.69, 9.17) is 11.0 Å². The summed E-state index contributed by atoms with van der Waals surface area (Å²) in [5.74, 6) is 0.814. The third-order valence-corrected chi connectivity index (χ3v) is 3.34. The number of nitrogens with zero attached hydrogens (tertiary/aromatic N) is 4. The summed E-state index contributed by atoms with van der Waals surface area (Å²) in [5.41, 5.74) is 8.08. The molecule has 0 saturated heterocycles. The largest absolute Gasteiger partial charge is 0.399 e. The van der Waals surface area contributed by atoms with Crippen LogP contribution in [0.3, 0.4) is 0 Å². The van der Waals surface area contributed by atoms with Crippen LogP contribution in [-0.2, 0) is 6.54 Å². The van der Waals surface area contributed by atoms with E-state index >= 15 is 0 Å². The molecule has 0 atom stereocenters. The van der Waals surface area contributed by atoms with Gasteiger partial charge in [-0.15, -0.1) is 0 Å². The van der Waals surface area contributed by atoms with Crippen LogP contribution in [0.1, 0.15) is 24.1 Å². The van der Waals surface area contributed by atoms with Crippen molar-refractivity contribution in [2.45, 2.75) is 25.4 Å². The van der Waals surface area contributed by atoms with Crippen LogP contribution < -0.4 is 10.6 Å². The van der Waals surface area contributed by atoms with Gasteiger partial charge in [-0.05, 0) is 30.5 Å². The fourth-order valence-electron chi connectivity index (χ4n) is 2.20. The van der Waals surface area contributed by atoms with Crippen LogP contribution in [-0.4, -0.2) is 16.0 Å². The second-order valence-electron chi connectivity index (χ2n) is 4.98. The van der Waals surface area contributed by atoms with Gasteiger partial charge in [-0.25, -0.2) is 9.97 Å². The molecule has 3 rings (SSSR count). The molecule has 2 N–H and O–H groups in total. The van der Waals surface area contributed by atoms with Gasteiger partial charge in [0.2, 0.25) is 0 Å². The summed E-state index contributed by atoms with van der Waals surface area (Å²) >= 11 is 0. The van der Waals surface area contributed by atoms with Gasteiger partial charge >= 0.3 is 0 Å². The summed E-state index contributed by atoms with van der Waals surface area (Å²) in [6, 6.07) is 10.4. The first-order chi connectivity index (χ1) is 9.76. The number of benzene rings is 1. The van der Waals surface area contributed by atoms with Crippen LogP contribution in [0.2, 0.25) is 0 Å². The highest BCUT2D eigenvalue weighted by atomic mass is 15.2. The lowest BCUT2D eigenvalue weighted by Crippen LogP contribution is -2.26. The molecule has 20 heavy (non-hydrogen) atoms. The molecule has 2 aromatic rings. The Balaban J connectivity index is 1.83. The van der Waals surface area contributed by atoms with Crippen molar-refractivity contribution < 1.29 is 0 Å². The molecular weight excluding hydrogens is 250 g/mol. The molecule has 0 spiro atoms. The minimum absolute atomic E-state index is 0.341. The number of nitrogen functional groups attached to an aromatic ring is 1. The molecule has 1 aromatic heterocycles. The van der Waals surface area contributed by atoms with Crippen LogP contribution in [0.25, 0.3) is 0 Å². The van der Waals surface area contributed by atoms with Crippen molar-refractivity contribution in [1.29, 1.82) is 5.26 Å². The van der Waals surface area contributed by atoms with E-state index in [1.165, 1.54) is 19.0 Å². The van der Waals surface area contributed by atoms with Crippen molar-refractivity contribution in [2.75, 3.05) is 10.6 Å². The zero-order chi connectivity index (χ0) is 13.9. The second kappa shape index (κ2) is 5.17. The monoisotopic (exact) mass is 265 g/mol. The van der Waals surface area contributed by atoms with E-state index in [2.05, 4.69) is 20.9 Å². The molecule has 5 nitrogen and oxygen atoms in total. The minimum atomic E-state index is 0.341. The molecule has 1 aromatic carbocycles. The number of nitriles is 1. The maximum Gasteiger partial charge on any atom is 0.158 e. The van der Waals surface area contributed by atoms with Crippen LogP contribution in [0.4, 0.5) is 11.5 Å². The smallest absolute Gasteiger partial charge is 0.158 e. The van der Waals surface area contributed by atoms with Crippen LogP contribution in [0, 0.1) is 11.3 Å². The van der Waals surface area contributed by atoms with E-state index in [-0.39, 0.29) is 0 Å². The fraction of sp³-hybridized carbons (Fsp3) is 0.267. The lowest BCUT2D eigenvalue weighted by molar-refractivity contribution is 0.774. The van der Waals surface area contributed by atoms with Gasteiger partial charge in [-0.3, -0.25) is 0 Å². The normalized spacial score (nSPS) is 13.8. The zero-order valence-electron chi connectivity index (χ0n) is 11.0. The molecule has 1 heterocycles. The SMILES string of the molecule is N#Cc1cnc(N(Cc2cccc(N)c2)C2CC2)cn1. The molecule has 0 bridgehead atoms. The Labute approximate surface area is 117 Å². The average Bonchev–Trinajstić information content (AvgIpc) is 3.30. The highest BCUT2D eigenvalue weighted by Gasteiger charge is 2.30. The number of aromatic nitrogens is 2. The van der Waals surface area contributed by atoms with Gasteiger partial charge < -0.3 is 10.6 Å². The molecule has 1 fully saturated rings. The predicted molar refractivity (Wildman–Crippen MR) is 76.8 cm³/mol. The molecule has 1 saturated carbocycles. The number of anilines is 2.